The van der Waals surface area contributed by atoms with Crippen LogP contribution in [0.2, 0.25) is 5.02 Å². The molecule has 0 fully saturated rings. The maximum atomic E-state index is 11.8. The number of furan rings is 1. The molecule has 0 spiro atoms. The second kappa shape index (κ2) is 4.94. The Hall–Kier alpha value is -1.26. The molecule has 1 aromatic heterocycles. The van der Waals surface area contributed by atoms with Gasteiger partial charge in [-0.1, -0.05) is 11.6 Å². The molecule has 0 aliphatic carbocycles. The van der Waals surface area contributed by atoms with Gasteiger partial charge in [-0.2, -0.15) is 0 Å². The molecule has 5 heteroatoms. The van der Waals surface area contributed by atoms with Crippen molar-refractivity contribution in [3.63, 3.8) is 0 Å². The van der Waals surface area contributed by atoms with E-state index in [0.29, 0.717) is 16.5 Å². The molecule has 0 aliphatic heterocycles. The Morgan fingerprint density at radius 3 is 2.71 bits per heavy atom. The zero-order valence-corrected chi connectivity index (χ0v) is 11.3. The number of anilines is 1. The van der Waals surface area contributed by atoms with Gasteiger partial charge < -0.3 is 9.73 Å². The van der Waals surface area contributed by atoms with Gasteiger partial charge >= 0.3 is 0 Å². The number of carbonyl (C=O) groups is 1. The SMILES string of the molecule is Cc1ccc(C(=O)Nc2ccc(Br)c(Cl)c2)o1. The number of carbonyl (C=O) groups excluding carboxylic acids is 1. The quantitative estimate of drug-likeness (QED) is 0.900. The molecule has 0 bridgehead atoms. The minimum Gasteiger partial charge on any atom is -0.456 e. The summed E-state index contributed by atoms with van der Waals surface area (Å²) in [6.45, 7) is 1.78. The fourth-order valence-electron chi connectivity index (χ4n) is 1.32. The maximum Gasteiger partial charge on any atom is 0.291 e. The zero-order chi connectivity index (χ0) is 12.4. The molecule has 17 heavy (non-hydrogen) atoms. The lowest BCUT2D eigenvalue weighted by atomic mass is 10.3. The van der Waals surface area contributed by atoms with Crippen LogP contribution in [-0.2, 0) is 0 Å². The molecule has 0 radical (unpaired) electrons. The lowest BCUT2D eigenvalue weighted by Crippen LogP contribution is -2.10. The van der Waals surface area contributed by atoms with Gasteiger partial charge in [0.2, 0.25) is 0 Å². The van der Waals surface area contributed by atoms with Crippen molar-refractivity contribution in [1.82, 2.24) is 0 Å². The molecule has 0 unspecified atom stereocenters. The number of hydrogen-bond acceptors (Lipinski definition) is 2. The number of nitrogens with one attached hydrogen (secondary N) is 1. The van der Waals surface area contributed by atoms with Crippen molar-refractivity contribution in [2.24, 2.45) is 0 Å². The van der Waals surface area contributed by atoms with Crippen molar-refractivity contribution in [1.29, 1.82) is 0 Å². The molecule has 1 N–H and O–H groups in total. The number of hydrogen-bond donors (Lipinski definition) is 1. The average molecular weight is 315 g/mol. The minimum absolute atomic E-state index is 0.279. The largest absolute Gasteiger partial charge is 0.456 e. The summed E-state index contributed by atoms with van der Waals surface area (Å²) in [4.78, 5) is 11.8. The molecule has 1 aromatic carbocycles. The molecule has 1 heterocycles. The lowest BCUT2D eigenvalue weighted by molar-refractivity contribution is 0.0995. The molecule has 0 saturated carbocycles. The Morgan fingerprint density at radius 1 is 1.35 bits per heavy atom. The van der Waals surface area contributed by atoms with E-state index in [2.05, 4.69) is 21.2 Å². The Bertz CT molecular complexity index is 565. The number of rotatable bonds is 2. The van der Waals surface area contributed by atoms with Crippen LogP contribution in [0.3, 0.4) is 0 Å². The van der Waals surface area contributed by atoms with Gasteiger partial charge in [0, 0.05) is 10.2 Å². The highest BCUT2D eigenvalue weighted by atomic mass is 79.9. The van der Waals surface area contributed by atoms with E-state index in [9.17, 15) is 4.79 Å². The number of benzene rings is 1. The number of aryl methyl sites for hydroxylation is 1. The van der Waals surface area contributed by atoms with Crippen LogP contribution in [0.25, 0.3) is 0 Å². The predicted octanol–water partition coefficient (Wildman–Crippen LogP) is 4.26. The predicted molar refractivity (Wildman–Crippen MR) is 70.6 cm³/mol. The second-order valence-electron chi connectivity index (χ2n) is 3.49. The molecule has 0 atom stereocenters. The van der Waals surface area contributed by atoms with Crippen LogP contribution >= 0.6 is 27.5 Å². The van der Waals surface area contributed by atoms with Crippen molar-refractivity contribution < 1.29 is 9.21 Å². The van der Waals surface area contributed by atoms with Crippen LogP contribution in [0.5, 0.6) is 0 Å². The van der Waals surface area contributed by atoms with Crippen LogP contribution in [0, 0.1) is 6.92 Å². The van der Waals surface area contributed by atoms with Crippen LogP contribution < -0.4 is 5.32 Å². The molecule has 1 amide bonds. The third-order valence-electron chi connectivity index (χ3n) is 2.14. The van der Waals surface area contributed by atoms with Crippen molar-refractivity contribution in [2.75, 3.05) is 5.32 Å². The molecule has 88 valence electrons. The summed E-state index contributed by atoms with van der Waals surface area (Å²) in [5.41, 5.74) is 0.622. The van der Waals surface area contributed by atoms with Gasteiger partial charge in [0.1, 0.15) is 5.76 Å². The van der Waals surface area contributed by atoms with E-state index in [-0.39, 0.29) is 11.7 Å². The van der Waals surface area contributed by atoms with Gasteiger partial charge in [-0.3, -0.25) is 4.79 Å². The van der Waals surface area contributed by atoms with Gasteiger partial charge in [-0.05, 0) is 53.2 Å². The van der Waals surface area contributed by atoms with E-state index in [1.807, 2.05) is 0 Å². The van der Waals surface area contributed by atoms with Crippen LogP contribution in [0.15, 0.2) is 39.2 Å². The molecule has 2 aromatic rings. The Labute approximate surface area is 112 Å². The van der Waals surface area contributed by atoms with Gasteiger partial charge in [-0.15, -0.1) is 0 Å². The molecule has 2 rings (SSSR count). The highest BCUT2D eigenvalue weighted by Crippen LogP contribution is 2.25. The summed E-state index contributed by atoms with van der Waals surface area (Å²) in [5, 5.41) is 3.24. The fraction of sp³-hybridized carbons (Fsp3) is 0.0833. The summed E-state index contributed by atoms with van der Waals surface area (Å²) in [7, 11) is 0. The van der Waals surface area contributed by atoms with Crippen molar-refractivity contribution in [3.8, 4) is 0 Å². The Morgan fingerprint density at radius 2 is 2.12 bits per heavy atom. The summed E-state index contributed by atoms with van der Waals surface area (Å²) >= 11 is 9.21. The van der Waals surface area contributed by atoms with Gasteiger partial charge in [0.05, 0.1) is 5.02 Å². The van der Waals surface area contributed by atoms with Crippen molar-refractivity contribution >= 4 is 39.1 Å². The average Bonchev–Trinajstić information content (AvgIpc) is 2.70. The first-order valence-corrected chi connectivity index (χ1v) is 6.06. The third-order valence-corrected chi connectivity index (χ3v) is 3.37. The molecule has 3 nitrogen and oxygen atoms in total. The van der Waals surface area contributed by atoms with E-state index in [0.717, 1.165) is 4.47 Å². The fourth-order valence-corrected chi connectivity index (χ4v) is 1.75. The Kier molecular flexibility index (Phi) is 3.54. The van der Waals surface area contributed by atoms with E-state index >= 15 is 0 Å². The van der Waals surface area contributed by atoms with Crippen LogP contribution in [0.1, 0.15) is 16.3 Å². The van der Waals surface area contributed by atoms with Crippen molar-refractivity contribution in [3.05, 3.63) is 51.3 Å². The van der Waals surface area contributed by atoms with E-state index < -0.39 is 0 Å². The van der Waals surface area contributed by atoms with Crippen LogP contribution in [0.4, 0.5) is 5.69 Å². The molecular formula is C12H9BrClNO2. The molecular weight excluding hydrogens is 305 g/mol. The first-order valence-electron chi connectivity index (χ1n) is 4.89. The van der Waals surface area contributed by atoms with Gasteiger partial charge in [0.15, 0.2) is 5.76 Å². The number of halogens is 2. The smallest absolute Gasteiger partial charge is 0.291 e. The molecule has 0 saturated heterocycles. The summed E-state index contributed by atoms with van der Waals surface area (Å²) in [5.74, 6) is 0.682. The standard InChI is InChI=1S/C12H9BrClNO2/c1-7-2-5-11(17-7)12(16)15-8-3-4-9(13)10(14)6-8/h2-6H,1H3,(H,15,16). The van der Waals surface area contributed by atoms with Crippen molar-refractivity contribution in [2.45, 2.75) is 6.92 Å². The first kappa shape index (κ1) is 12.2. The molecule has 0 aliphatic rings. The first-order chi connectivity index (χ1) is 8.06. The maximum absolute atomic E-state index is 11.8. The van der Waals surface area contributed by atoms with E-state index in [1.54, 1.807) is 37.3 Å². The highest BCUT2D eigenvalue weighted by Gasteiger charge is 2.10. The Balaban J connectivity index is 2.15. The lowest BCUT2D eigenvalue weighted by Gasteiger charge is -2.04. The normalized spacial score (nSPS) is 10.3. The monoisotopic (exact) mass is 313 g/mol. The van der Waals surface area contributed by atoms with Gasteiger partial charge in [-0.25, -0.2) is 0 Å². The number of amides is 1. The highest BCUT2D eigenvalue weighted by molar-refractivity contribution is 9.10. The topological polar surface area (TPSA) is 42.2 Å². The summed E-state index contributed by atoms with van der Waals surface area (Å²) in [6, 6.07) is 8.56. The summed E-state index contributed by atoms with van der Waals surface area (Å²) in [6.07, 6.45) is 0. The summed E-state index contributed by atoms with van der Waals surface area (Å²) < 4.78 is 6.00. The minimum atomic E-state index is -0.295. The zero-order valence-electron chi connectivity index (χ0n) is 8.96. The second-order valence-corrected chi connectivity index (χ2v) is 4.75. The van der Waals surface area contributed by atoms with E-state index in [4.69, 9.17) is 16.0 Å². The van der Waals surface area contributed by atoms with E-state index in [1.165, 1.54) is 0 Å². The third kappa shape index (κ3) is 2.90. The van der Waals surface area contributed by atoms with Gasteiger partial charge in [0.25, 0.3) is 5.91 Å². The van der Waals surface area contributed by atoms with Crippen LogP contribution in [-0.4, -0.2) is 5.91 Å².